The summed E-state index contributed by atoms with van der Waals surface area (Å²) in [5, 5.41) is 8.93. The van der Waals surface area contributed by atoms with E-state index < -0.39 is 5.97 Å². The predicted molar refractivity (Wildman–Crippen MR) is 92.1 cm³/mol. The van der Waals surface area contributed by atoms with Crippen LogP contribution in [0.15, 0.2) is 40.4 Å². The molecule has 2 rings (SSSR count). The average molecular weight is 364 g/mol. The lowest BCUT2D eigenvalue weighted by Crippen LogP contribution is -2.40. The van der Waals surface area contributed by atoms with Crippen LogP contribution in [0.2, 0.25) is 0 Å². The van der Waals surface area contributed by atoms with Crippen LogP contribution in [0.4, 0.5) is 0 Å². The van der Waals surface area contributed by atoms with Gasteiger partial charge in [0, 0.05) is 5.56 Å². The van der Waals surface area contributed by atoms with Crippen LogP contribution < -0.4 is 10.3 Å². The van der Waals surface area contributed by atoms with Gasteiger partial charge in [-0.1, -0.05) is 22.4 Å². The Morgan fingerprint density at radius 2 is 1.96 bits per heavy atom. The number of carbonyl (C=O) groups is 1. The fourth-order valence-electron chi connectivity index (χ4n) is 2.13. The standard InChI is InChI=1S/C16H20N4O6/c1-10(19-25-5)11-7-6-8-12(15(11)16(21)24-4)26-20-17-13(22-2)9-14(18-20)23-3/h6-9,17H,1-5H3. The van der Waals surface area contributed by atoms with E-state index in [2.05, 4.69) is 15.7 Å². The number of nitrogens with zero attached hydrogens (tertiary/aromatic N) is 3. The summed E-state index contributed by atoms with van der Waals surface area (Å²) in [4.78, 5) is 22.8. The van der Waals surface area contributed by atoms with Crippen molar-refractivity contribution in [2.24, 2.45) is 10.3 Å². The normalized spacial score (nSPS) is 13.9. The summed E-state index contributed by atoms with van der Waals surface area (Å²) < 4.78 is 15.1. The van der Waals surface area contributed by atoms with Crippen LogP contribution in [0.3, 0.4) is 0 Å². The van der Waals surface area contributed by atoms with Gasteiger partial charge in [0.15, 0.2) is 5.75 Å². The summed E-state index contributed by atoms with van der Waals surface area (Å²) >= 11 is 0. The molecule has 1 aromatic carbocycles. The smallest absolute Gasteiger partial charge is 0.342 e. The Labute approximate surface area is 150 Å². The molecule has 0 radical (unpaired) electrons. The van der Waals surface area contributed by atoms with Gasteiger partial charge in [-0.05, 0) is 18.3 Å². The minimum atomic E-state index is -0.600. The number of hydrazone groups is 1. The molecule has 0 atom stereocenters. The molecule has 0 unspecified atom stereocenters. The highest BCUT2D eigenvalue weighted by Crippen LogP contribution is 2.25. The van der Waals surface area contributed by atoms with Crippen molar-refractivity contribution in [3.63, 3.8) is 0 Å². The highest BCUT2D eigenvalue weighted by molar-refractivity contribution is 6.09. The van der Waals surface area contributed by atoms with Gasteiger partial charge < -0.3 is 23.9 Å². The number of methoxy groups -OCH3 is 3. The lowest BCUT2D eigenvalue weighted by atomic mass is 10.0. The number of esters is 1. The Morgan fingerprint density at radius 1 is 1.19 bits per heavy atom. The molecule has 1 aliphatic rings. The molecule has 0 spiro atoms. The molecular weight excluding hydrogens is 344 g/mol. The molecule has 0 bridgehead atoms. The van der Waals surface area contributed by atoms with Crippen molar-refractivity contribution in [3.8, 4) is 5.75 Å². The third-order valence-corrected chi connectivity index (χ3v) is 3.30. The molecule has 1 aromatic rings. The van der Waals surface area contributed by atoms with Gasteiger partial charge in [0.25, 0.3) is 0 Å². The highest BCUT2D eigenvalue weighted by Gasteiger charge is 2.24. The summed E-state index contributed by atoms with van der Waals surface area (Å²) in [6, 6.07) is 4.99. The first kappa shape index (κ1) is 18.9. The second kappa shape index (κ2) is 8.60. The molecule has 0 aliphatic carbocycles. The van der Waals surface area contributed by atoms with E-state index in [1.165, 1.54) is 34.5 Å². The van der Waals surface area contributed by atoms with Crippen molar-refractivity contribution in [1.82, 2.24) is 10.7 Å². The Bertz CT molecular complexity index is 759. The van der Waals surface area contributed by atoms with Crippen molar-refractivity contribution in [2.45, 2.75) is 6.92 Å². The molecule has 0 fully saturated rings. The largest absolute Gasteiger partial charge is 0.481 e. The maximum absolute atomic E-state index is 12.3. The Hall–Kier alpha value is -3.43. The number of hydrazine groups is 1. The number of rotatable bonds is 6. The van der Waals surface area contributed by atoms with E-state index in [1.807, 2.05) is 0 Å². The molecule has 10 heteroatoms. The van der Waals surface area contributed by atoms with Crippen molar-refractivity contribution in [3.05, 3.63) is 41.3 Å². The minimum Gasteiger partial charge on any atom is -0.481 e. The lowest BCUT2D eigenvalue weighted by molar-refractivity contribution is -0.112. The van der Waals surface area contributed by atoms with Crippen molar-refractivity contribution >= 4 is 17.6 Å². The Kier molecular flexibility index (Phi) is 6.25. The van der Waals surface area contributed by atoms with Gasteiger partial charge in [-0.25, -0.2) is 10.2 Å². The number of hydrogen-bond donors (Lipinski definition) is 1. The van der Waals surface area contributed by atoms with Crippen LogP contribution in [-0.2, 0) is 19.0 Å². The maximum Gasteiger partial charge on any atom is 0.342 e. The number of oxime groups is 1. The van der Waals surface area contributed by atoms with E-state index in [4.69, 9.17) is 23.9 Å². The number of nitrogens with one attached hydrogen (secondary N) is 1. The van der Waals surface area contributed by atoms with E-state index in [-0.39, 0.29) is 17.2 Å². The molecule has 0 amide bonds. The van der Waals surface area contributed by atoms with Gasteiger partial charge >= 0.3 is 5.97 Å². The van der Waals surface area contributed by atoms with E-state index in [0.29, 0.717) is 17.2 Å². The van der Waals surface area contributed by atoms with Crippen molar-refractivity contribution in [1.29, 1.82) is 0 Å². The lowest BCUT2D eigenvalue weighted by Gasteiger charge is -2.25. The first-order valence-corrected chi connectivity index (χ1v) is 7.46. The van der Waals surface area contributed by atoms with Gasteiger partial charge in [0.1, 0.15) is 12.7 Å². The van der Waals surface area contributed by atoms with E-state index >= 15 is 0 Å². The summed E-state index contributed by atoms with van der Waals surface area (Å²) in [6.45, 7) is 1.70. The van der Waals surface area contributed by atoms with Gasteiger partial charge in [0.05, 0.1) is 33.1 Å². The molecule has 140 valence electrons. The molecule has 1 N–H and O–H groups in total. The summed E-state index contributed by atoms with van der Waals surface area (Å²) in [5.74, 6) is 0.166. The average Bonchev–Trinajstić information content (AvgIpc) is 2.67. The van der Waals surface area contributed by atoms with Crippen LogP contribution in [-0.4, -0.2) is 51.3 Å². The first-order valence-electron chi connectivity index (χ1n) is 7.46. The van der Waals surface area contributed by atoms with Crippen LogP contribution in [0, 0.1) is 0 Å². The molecule has 26 heavy (non-hydrogen) atoms. The van der Waals surface area contributed by atoms with Crippen LogP contribution >= 0.6 is 0 Å². The van der Waals surface area contributed by atoms with Crippen LogP contribution in [0.1, 0.15) is 22.8 Å². The molecule has 1 aliphatic heterocycles. The van der Waals surface area contributed by atoms with E-state index in [9.17, 15) is 4.79 Å². The zero-order chi connectivity index (χ0) is 19.1. The summed E-state index contributed by atoms with van der Waals surface area (Å²) in [5.41, 5.74) is 3.88. The molecular formula is C16H20N4O6. The first-order chi connectivity index (χ1) is 12.5. The number of carbonyl (C=O) groups excluding carboxylic acids is 1. The zero-order valence-electron chi connectivity index (χ0n) is 15.1. The summed E-state index contributed by atoms with van der Waals surface area (Å²) in [7, 11) is 5.62. The third kappa shape index (κ3) is 4.15. The van der Waals surface area contributed by atoms with Gasteiger partial charge in [-0.3, -0.25) is 0 Å². The van der Waals surface area contributed by atoms with Crippen molar-refractivity contribution < 1.29 is 28.7 Å². The van der Waals surface area contributed by atoms with Gasteiger partial charge in [0.2, 0.25) is 11.8 Å². The SMILES string of the molecule is CON=C(C)c1cccc(ON2N=C(OC)C=C(OC)N2)c1C(=O)OC. The monoisotopic (exact) mass is 364 g/mol. The van der Waals surface area contributed by atoms with Crippen LogP contribution in [0.5, 0.6) is 5.75 Å². The Morgan fingerprint density at radius 3 is 2.58 bits per heavy atom. The van der Waals surface area contributed by atoms with Gasteiger partial charge in [-0.15, -0.1) is 0 Å². The molecule has 1 heterocycles. The third-order valence-electron chi connectivity index (χ3n) is 3.30. The zero-order valence-corrected chi connectivity index (χ0v) is 15.1. The number of hydrogen-bond acceptors (Lipinski definition) is 10. The van der Waals surface area contributed by atoms with Crippen molar-refractivity contribution in [2.75, 3.05) is 28.4 Å². The molecule has 0 saturated carbocycles. The fraction of sp³-hybridized carbons (Fsp3) is 0.312. The molecule has 0 aromatic heterocycles. The highest BCUT2D eigenvalue weighted by atomic mass is 16.7. The maximum atomic E-state index is 12.3. The molecule has 0 saturated heterocycles. The summed E-state index contributed by atoms with van der Waals surface area (Å²) in [6.07, 6.45) is 1.53. The number of ether oxygens (including phenoxy) is 3. The Balaban J connectivity index is 2.42. The topological polar surface area (TPSA) is 103 Å². The molecule has 10 nitrogen and oxygen atoms in total. The van der Waals surface area contributed by atoms with E-state index in [1.54, 1.807) is 25.1 Å². The van der Waals surface area contributed by atoms with Gasteiger partial charge in [-0.2, -0.15) is 0 Å². The quantitative estimate of drug-likeness (QED) is 0.459. The minimum absolute atomic E-state index is 0.165. The fourth-order valence-corrected chi connectivity index (χ4v) is 2.13. The van der Waals surface area contributed by atoms with Crippen LogP contribution in [0.25, 0.3) is 0 Å². The predicted octanol–water partition coefficient (Wildman–Crippen LogP) is 1.41. The number of benzene rings is 1. The second-order valence-electron chi connectivity index (χ2n) is 4.86. The van der Waals surface area contributed by atoms with E-state index in [0.717, 1.165) is 5.28 Å². The second-order valence-corrected chi connectivity index (χ2v) is 4.86.